The smallest absolute Gasteiger partial charge is 0.234 e. The largest absolute Gasteiger partial charge is 0.477 e. The SMILES string of the molecule is CCOc1cncc(NC2CCCCC2Cl)n1. The molecule has 1 aliphatic rings. The van der Waals surface area contributed by atoms with Gasteiger partial charge in [-0.05, 0) is 19.8 Å². The normalized spacial score (nSPS) is 24.4. The molecule has 0 saturated heterocycles. The van der Waals surface area contributed by atoms with Crippen molar-refractivity contribution >= 4 is 17.4 Å². The molecule has 0 radical (unpaired) electrons. The van der Waals surface area contributed by atoms with Crippen LogP contribution in [0.5, 0.6) is 5.88 Å². The first-order chi connectivity index (χ1) is 8.29. The van der Waals surface area contributed by atoms with Crippen LogP contribution in [-0.4, -0.2) is 28.0 Å². The number of nitrogens with zero attached hydrogens (tertiary/aromatic N) is 2. The minimum Gasteiger partial charge on any atom is -0.477 e. The van der Waals surface area contributed by atoms with E-state index < -0.39 is 0 Å². The number of ether oxygens (including phenoxy) is 1. The predicted octanol–water partition coefficient (Wildman–Crippen LogP) is 2.84. The molecule has 4 nitrogen and oxygen atoms in total. The van der Waals surface area contributed by atoms with Gasteiger partial charge in [0.2, 0.25) is 5.88 Å². The van der Waals surface area contributed by atoms with Crippen LogP contribution in [0.15, 0.2) is 12.4 Å². The van der Waals surface area contributed by atoms with E-state index in [2.05, 4.69) is 15.3 Å². The molecule has 1 aromatic rings. The summed E-state index contributed by atoms with van der Waals surface area (Å²) in [5.41, 5.74) is 0. The van der Waals surface area contributed by atoms with Gasteiger partial charge in [-0.3, -0.25) is 4.98 Å². The van der Waals surface area contributed by atoms with Gasteiger partial charge >= 0.3 is 0 Å². The second kappa shape index (κ2) is 6.05. The Hall–Kier alpha value is -1.03. The highest BCUT2D eigenvalue weighted by atomic mass is 35.5. The molecule has 94 valence electrons. The molecule has 2 atom stereocenters. The van der Waals surface area contributed by atoms with E-state index in [0.29, 0.717) is 12.5 Å². The summed E-state index contributed by atoms with van der Waals surface area (Å²) in [6, 6.07) is 0.289. The summed E-state index contributed by atoms with van der Waals surface area (Å²) < 4.78 is 5.32. The Morgan fingerprint density at radius 2 is 2.24 bits per heavy atom. The van der Waals surface area contributed by atoms with Gasteiger partial charge in [0.15, 0.2) is 0 Å². The van der Waals surface area contributed by atoms with Crippen LogP contribution in [-0.2, 0) is 0 Å². The van der Waals surface area contributed by atoms with Crippen molar-refractivity contribution in [3.63, 3.8) is 0 Å². The summed E-state index contributed by atoms with van der Waals surface area (Å²) in [4.78, 5) is 8.44. The van der Waals surface area contributed by atoms with Gasteiger partial charge in [0.25, 0.3) is 0 Å². The number of aromatic nitrogens is 2. The highest BCUT2D eigenvalue weighted by molar-refractivity contribution is 6.21. The molecule has 1 heterocycles. The summed E-state index contributed by atoms with van der Waals surface area (Å²) in [5, 5.41) is 3.53. The minimum absolute atomic E-state index is 0.182. The average Bonchev–Trinajstić information content (AvgIpc) is 2.33. The third-order valence-corrected chi connectivity index (χ3v) is 3.44. The monoisotopic (exact) mass is 255 g/mol. The molecule has 0 aromatic carbocycles. The van der Waals surface area contributed by atoms with Crippen LogP contribution in [0, 0.1) is 0 Å². The molecule has 1 aromatic heterocycles. The minimum atomic E-state index is 0.182. The number of hydrogen-bond acceptors (Lipinski definition) is 4. The second-order valence-electron chi connectivity index (χ2n) is 4.23. The van der Waals surface area contributed by atoms with E-state index >= 15 is 0 Å². The summed E-state index contributed by atoms with van der Waals surface area (Å²) in [7, 11) is 0. The molecule has 1 N–H and O–H groups in total. The Morgan fingerprint density at radius 1 is 1.41 bits per heavy atom. The van der Waals surface area contributed by atoms with Crippen molar-refractivity contribution in [2.75, 3.05) is 11.9 Å². The van der Waals surface area contributed by atoms with Gasteiger partial charge < -0.3 is 10.1 Å². The van der Waals surface area contributed by atoms with E-state index in [1.54, 1.807) is 12.4 Å². The van der Waals surface area contributed by atoms with Crippen molar-refractivity contribution in [2.45, 2.75) is 44.0 Å². The van der Waals surface area contributed by atoms with Crippen molar-refractivity contribution < 1.29 is 4.74 Å². The molecule has 2 unspecified atom stereocenters. The van der Waals surface area contributed by atoms with Crippen molar-refractivity contribution in [2.24, 2.45) is 0 Å². The maximum absolute atomic E-state index is 6.29. The zero-order chi connectivity index (χ0) is 12.1. The van der Waals surface area contributed by atoms with E-state index in [4.69, 9.17) is 16.3 Å². The second-order valence-corrected chi connectivity index (χ2v) is 4.79. The Morgan fingerprint density at radius 3 is 3.00 bits per heavy atom. The molecule has 1 aliphatic carbocycles. The fraction of sp³-hybridized carbons (Fsp3) is 0.667. The van der Waals surface area contributed by atoms with E-state index in [1.807, 2.05) is 6.92 Å². The van der Waals surface area contributed by atoms with Gasteiger partial charge in [0, 0.05) is 6.04 Å². The standard InChI is InChI=1S/C12H18ClN3O/c1-2-17-12-8-14-7-11(16-12)15-10-6-4-3-5-9(10)13/h7-10H,2-6H2,1H3,(H,15,16). The molecular weight excluding hydrogens is 238 g/mol. The van der Waals surface area contributed by atoms with E-state index in [0.717, 1.165) is 18.7 Å². The topological polar surface area (TPSA) is 47.0 Å². The zero-order valence-electron chi connectivity index (χ0n) is 10.0. The molecule has 0 spiro atoms. The Kier molecular flexibility index (Phi) is 4.42. The predicted molar refractivity (Wildman–Crippen MR) is 68.7 cm³/mol. The van der Waals surface area contributed by atoms with Gasteiger partial charge in [-0.15, -0.1) is 11.6 Å². The van der Waals surface area contributed by atoms with Gasteiger partial charge in [-0.2, -0.15) is 4.98 Å². The maximum Gasteiger partial charge on any atom is 0.234 e. The van der Waals surface area contributed by atoms with Crippen molar-refractivity contribution in [1.82, 2.24) is 9.97 Å². The third kappa shape index (κ3) is 3.46. The van der Waals surface area contributed by atoms with E-state index in [1.165, 1.54) is 12.8 Å². The lowest BCUT2D eigenvalue weighted by molar-refractivity contribution is 0.325. The fourth-order valence-electron chi connectivity index (χ4n) is 2.07. The van der Waals surface area contributed by atoms with Gasteiger partial charge in [0.05, 0.1) is 24.4 Å². The highest BCUT2D eigenvalue weighted by Gasteiger charge is 2.23. The Bertz CT molecular complexity index is 361. The number of hydrogen-bond donors (Lipinski definition) is 1. The van der Waals surface area contributed by atoms with E-state index in [-0.39, 0.29) is 11.4 Å². The number of rotatable bonds is 4. The van der Waals surface area contributed by atoms with Crippen LogP contribution in [0.25, 0.3) is 0 Å². The molecule has 5 heteroatoms. The molecule has 0 amide bonds. The lowest BCUT2D eigenvalue weighted by atomic mass is 9.95. The summed E-state index contributed by atoms with van der Waals surface area (Å²) >= 11 is 6.29. The third-order valence-electron chi connectivity index (χ3n) is 2.92. The molecular formula is C12H18ClN3O. The first kappa shape index (κ1) is 12.4. The lowest BCUT2D eigenvalue weighted by Gasteiger charge is -2.28. The maximum atomic E-state index is 6.29. The Balaban J connectivity index is 1.99. The summed E-state index contributed by atoms with van der Waals surface area (Å²) in [6.45, 7) is 2.53. The molecule has 1 fully saturated rings. The zero-order valence-corrected chi connectivity index (χ0v) is 10.8. The quantitative estimate of drug-likeness (QED) is 0.841. The van der Waals surface area contributed by atoms with E-state index in [9.17, 15) is 0 Å². The first-order valence-corrected chi connectivity index (χ1v) is 6.58. The van der Waals surface area contributed by atoms with Crippen LogP contribution in [0.1, 0.15) is 32.6 Å². The van der Waals surface area contributed by atoms with Crippen LogP contribution < -0.4 is 10.1 Å². The molecule has 0 bridgehead atoms. The number of nitrogens with one attached hydrogen (secondary N) is 1. The van der Waals surface area contributed by atoms with Gasteiger partial charge in [-0.1, -0.05) is 12.8 Å². The van der Waals surface area contributed by atoms with Crippen LogP contribution in [0.4, 0.5) is 5.82 Å². The summed E-state index contributed by atoms with van der Waals surface area (Å²) in [5.74, 6) is 1.30. The molecule has 1 saturated carbocycles. The van der Waals surface area contributed by atoms with Crippen molar-refractivity contribution in [3.05, 3.63) is 12.4 Å². The van der Waals surface area contributed by atoms with Crippen LogP contribution >= 0.6 is 11.6 Å². The van der Waals surface area contributed by atoms with Gasteiger partial charge in [0.1, 0.15) is 5.82 Å². The number of anilines is 1. The fourth-order valence-corrected chi connectivity index (χ4v) is 2.42. The molecule has 2 rings (SSSR count). The number of halogens is 1. The van der Waals surface area contributed by atoms with Crippen LogP contribution in [0.2, 0.25) is 0 Å². The summed E-state index contributed by atoms with van der Waals surface area (Å²) in [6.07, 6.45) is 7.93. The Labute approximate surface area is 107 Å². The highest BCUT2D eigenvalue weighted by Crippen LogP contribution is 2.25. The molecule has 0 aliphatic heterocycles. The van der Waals surface area contributed by atoms with Gasteiger partial charge in [-0.25, -0.2) is 0 Å². The van der Waals surface area contributed by atoms with Crippen molar-refractivity contribution in [1.29, 1.82) is 0 Å². The lowest BCUT2D eigenvalue weighted by Crippen LogP contribution is -2.33. The molecule has 17 heavy (non-hydrogen) atoms. The van der Waals surface area contributed by atoms with Crippen LogP contribution in [0.3, 0.4) is 0 Å². The van der Waals surface area contributed by atoms with Crippen molar-refractivity contribution in [3.8, 4) is 5.88 Å². The average molecular weight is 256 g/mol. The first-order valence-electron chi connectivity index (χ1n) is 6.15. The number of alkyl halides is 1.